The van der Waals surface area contributed by atoms with E-state index < -0.39 is 5.97 Å². The minimum Gasteiger partial charge on any atom is -0.481 e. The number of aliphatic carboxylic acids is 1. The SMILES string of the molecule is CC(CNC(=O)c1cccc(I)c1)CC(=O)O. The maximum atomic E-state index is 11.7. The molecule has 1 atom stereocenters. The van der Waals surface area contributed by atoms with Crippen LogP contribution in [0.3, 0.4) is 0 Å². The second-order valence-electron chi connectivity index (χ2n) is 3.92. The molecule has 0 aliphatic heterocycles. The topological polar surface area (TPSA) is 66.4 Å². The Kier molecular flexibility index (Phi) is 5.40. The monoisotopic (exact) mass is 347 g/mol. The third-order valence-corrected chi connectivity index (χ3v) is 2.89. The smallest absolute Gasteiger partial charge is 0.303 e. The Morgan fingerprint density at radius 2 is 2.18 bits per heavy atom. The Morgan fingerprint density at radius 1 is 1.47 bits per heavy atom. The van der Waals surface area contributed by atoms with Crippen molar-refractivity contribution in [1.82, 2.24) is 5.32 Å². The number of carboxylic acid groups (broad SMARTS) is 1. The van der Waals surface area contributed by atoms with Crippen molar-refractivity contribution in [3.8, 4) is 0 Å². The van der Waals surface area contributed by atoms with Crippen molar-refractivity contribution >= 4 is 34.5 Å². The van der Waals surface area contributed by atoms with Crippen LogP contribution in [0, 0.1) is 9.49 Å². The van der Waals surface area contributed by atoms with E-state index in [9.17, 15) is 9.59 Å². The largest absolute Gasteiger partial charge is 0.481 e. The number of hydrogen-bond donors (Lipinski definition) is 2. The summed E-state index contributed by atoms with van der Waals surface area (Å²) in [5.41, 5.74) is 0.597. The van der Waals surface area contributed by atoms with Gasteiger partial charge in [-0.3, -0.25) is 9.59 Å². The fourth-order valence-corrected chi connectivity index (χ4v) is 1.91. The van der Waals surface area contributed by atoms with Crippen molar-refractivity contribution < 1.29 is 14.7 Å². The maximum absolute atomic E-state index is 11.7. The number of carbonyl (C=O) groups excluding carboxylic acids is 1. The average molecular weight is 347 g/mol. The quantitative estimate of drug-likeness (QED) is 0.802. The highest BCUT2D eigenvalue weighted by atomic mass is 127. The van der Waals surface area contributed by atoms with Crippen LogP contribution in [0.25, 0.3) is 0 Å². The van der Waals surface area contributed by atoms with E-state index in [2.05, 4.69) is 27.9 Å². The Balaban J connectivity index is 2.47. The van der Waals surface area contributed by atoms with Gasteiger partial charge in [0.05, 0.1) is 0 Å². The predicted octanol–water partition coefficient (Wildman–Crippen LogP) is 2.13. The van der Waals surface area contributed by atoms with Gasteiger partial charge in [0.15, 0.2) is 0 Å². The number of nitrogens with one attached hydrogen (secondary N) is 1. The van der Waals surface area contributed by atoms with Gasteiger partial charge < -0.3 is 10.4 Å². The van der Waals surface area contributed by atoms with Crippen molar-refractivity contribution in [2.75, 3.05) is 6.54 Å². The Morgan fingerprint density at radius 3 is 2.76 bits per heavy atom. The second kappa shape index (κ2) is 6.58. The fourth-order valence-electron chi connectivity index (χ4n) is 1.37. The molecule has 0 bridgehead atoms. The van der Waals surface area contributed by atoms with Gasteiger partial charge in [-0.1, -0.05) is 13.0 Å². The first-order chi connectivity index (χ1) is 7.99. The van der Waals surface area contributed by atoms with E-state index in [4.69, 9.17) is 5.11 Å². The van der Waals surface area contributed by atoms with Gasteiger partial charge in [0.1, 0.15) is 0 Å². The van der Waals surface area contributed by atoms with Gasteiger partial charge in [-0.2, -0.15) is 0 Å². The van der Waals surface area contributed by atoms with Gasteiger partial charge in [0.2, 0.25) is 0 Å². The summed E-state index contributed by atoms with van der Waals surface area (Å²) < 4.78 is 0.994. The zero-order chi connectivity index (χ0) is 12.8. The number of amides is 1. The molecule has 0 radical (unpaired) electrons. The molecule has 2 N–H and O–H groups in total. The van der Waals surface area contributed by atoms with E-state index >= 15 is 0 Å². The summed E-state index contributed by atoms with van der Waals surface area (Å²) in [6.07, 6.45) is 0.0621. The van der Waals surface area contributed by atoms with Crippen molar-refractivity contribution in [3.63, 3.8) is 0 Å². The molecule has 4 nitrogen and oxygen atoms in total. The molecular formula is C12H14INO3. The maximum Gasteiger partial charge on any atom is 0.303 e. The average Bonchev–Trinajstić information content (AvgIpc) is 2.25. The molecule has 92 valence electrons. The predicted molar refractivity (Wildman–Crippen MR) is 72.9 cm³/mol. The second-order valence-corrected chi connectivity index (χ2v) is 5.17. The number of carbonyl (C=O) groups is 2. The normalized spacial score (nSPS) is 11.9. The molecule has 0 aliphatic rings. The molecule has 1 aromatic rings. The molecule has 1 rings (SSSR count). The summed E-state index contributed by atoms with van der Waals surface area (Å²) in [4.78, 5) is 22.2. The first kappa shape index (κ1) is 14.0. The lowest BCUT2D eigenvalue weighted by atomic mass is 10.1. The lowest BCUT2D eigenvalue weighted by Gasteiger charge is -2.10. The number of halogens is 1. The van der Waals surface area contributed by atoms with E-state index in [1.54, 1.807) is 19.1 Å². The standard InChI is InChI=1S/C12H14INO3/c1-8(5-11(15)16)7-14-12(17)9-3-2-4-10(13)6-9/h2-4,6,8H,5,7H2,1H3,(H,14,17)(H,15,16). The number of hydrogen-bond acceptors (Lipinski definition) is 2. The third-order valence-electron chi connectivity index (χ3n) is 2.22. The van der Waals surface area contributed by atoms with Crippen LogP contribution < -0.4 is 5.32 Å². The third kappa shape index (κ3) is 5.16. The fraction of sp³-hybridized carbons (Fsp3) is 0.333. The van der Waals surface area contributed by atoms with Gasteiger partial charge in [-0.05, 0) is 46.7 Å². The Bertz CT molecular complexity index is 420. The van der Waals surface area contributed by atoms with Gasteiger partial charge in [0, 0.05) is 22.1 Å². The molecule has 0 saturated heterocycles. The van der Waals surface area contributed by atoms with Crippen LogP contribution in [0.1, 0.15) is 23.7 Å². The zero-order valence-corrected chi connectivity index (χ0v) is 11.6. The van der Waals surface area contributed by atoms with Crippen LogP contribution >= 0.6 is 22.6 Å². The molecule has 0 spiro atoms. The summed E-state index contributed by atoms with van der Waals surface area (Å²) in [7, 11) is 0. The number of benzene rings is 1. The van der Waals surface area contributed by atoms with E-state index in [0.29, 0.717) is 12.1 Å². The highest BCUT2D eigenvalue weighted by molar-refractivity contribution is 14.1. The first-order valence-corrected chi connectivity index (χ1v) is 6.32. The molecule has 0 aromatic heterocycles. The summed E-state index contributed by atoms with van der Waals surface area (Å²) in [6.45, 7) is 2.17. The molecule has 17 heavy (non-hydrogen) atoms. The Hall–Kier alpha value is -1.11. The van der Waals surface area contributed by atoms with Gasteiger partial charge >= 0.3 is 5.97 Å². The van der Waals surface area contributed by atoms with Crippen molar-refractivity contribution in [3.05, 3.63) is 33.4 Å². The summed E-state index contributed by atoms with van der Waals surface area (Å²) >= 11 is 2.14. The minimum absolute atomic E-state index is 0.0621. The van der Waals surface area contributed by atoms with E-state index in [0.717, 1.165) is 3.57 Å². The summed E-state index contributed by atoms with van der Waals surface area (Å²) in [6, 6.07) is 7.25. The molecule has 0 saturated carbocycles. The van der Waals surface area contributed by atoms with Crippen LogP contribution in [-0.2, 0) is 4.79 Å². The highest BCUT2D eigenvalue weighted by Crippen LogP contribution is 2.08. The molecule has 1 amide bonds. The van der Waals surface area contributed by atoms with Gasteiger partial charge in [-0.15, -0.1) is 0 Å². The molecule has 0 aliphatic carbocycles. The lowest BCUT2D eigenvalue weighted by molar-refractivity contribution is -0.137. The van der Waals surface area contributed by atoms with Gasteiger partial charge in [-0.25, -0.2) is 0 Å². The van der Waals surface area contributed by atoms with Crippen LogP contribution in [0.5, 0.6) is 0 Å². The van der Waals surface area contributed by atoms with Crippen LogP contribution in [0.4, 0.5) is 0 Å². The summed E-state index contributed by atoms with van der Waals surface area (Å²) in [5.74, 6) is -1.08. The first-order valence-electron chi connectivity index (χ1n) is 5.24. The van der Waals surface area contributed by atoms with E-state index in [1.807, 2.05) is 12.1 Å². The van der Waals surface area contributed by atoms with E-state index in [-0.39, 0.29) is 18.2 Å². The molecule has 5 heteroatoms. The van der Waals surface area contributed by atoms with Gasteiger partial charge in [0.25, 0.3) is 5.91 Å². The van der Waals surface area contributed by atoms with Crippen LogP contribution in [-0.4, -0.2) is 23.5 Å². The van der Waals surface area contributed by atoms with Crippen molar-refractivity contribution in [2.24, 2.45) is 5.92 Å². The molecule has 0 fully saturated rings. The van der Waals surface area contributed by atoms with Crippen LogP contribution in [0.15, 0.2) is 24.3 Å². The molecule has 0 heterocycles. The summed E-state index contributed by atoms with van der Waals surface area (Å²) in [5, 5.41) is 11.3. The molecular weight excluding hydrogens is 333 g/mol. The highest BCUT2D eigenvalue weighted by Gasteiger charge is 2.10. The number of rotatable bonds is 5. The minimum atomic E-state index is -0.846. The zero-order valence-electron chi connectivity index (χ0n) is 9.44. The van der Waals surface area contributed by atoms with Crippen LogP contribution in [0.2, 0.25) is 0 Å². The van der Waals surface area contributed by atoms with Crippen molar-refractivity contribution in [1.29, 1.82) is 0 Å². The molecule has 1 aromatic carbocycles. The number of carboxylic acids is 1. The van der Waals surface area contributed by atoms with Crippen molar-refractivity contribution in [2.45, 2.75) is 13.3 Å². The van der Waals surface area contributed by atoms with E-state index in [1.165, 1.54) is 0 Å². The Labute approximate surface area is 114 Å². The molecule has 1 unspecified atom stereocenters. The lowest BCUT2D eigenvalue weighted by Crippen LogP contribution is -2.29.